The number of hydrogen-bond acceptors (Lipinski definition) is 4. The topological polar surface area (TPSA) is 64.6 Å². The molecule has 136 valence electrons. The summed E-state index contributed by atoms with van der Waals surface area (Å²) in [4.78, 5) is 11.9. The number of unbranched alkanes of at least 4 members (excludes halogenated alkanes) is 2. The van der Waals surface area contributed by atoms with Crippen LogP contribution >= 0.6 is 18.1 Å². The molecule has 2 unspecified atom stereocenters. The van der Waals surface area contributed by atoms with Gasteiger partial charge in [0.1, 0.15) is 11.8 Å². The lowest BCUT2D eigenvalue weighted by atomic mass is 10.1. The van der Waals surface area contributed by atoms with E-state index in [1.807, 2.05) is 30.3 Å². The molecule has 2 rings (SSSR count). The minimum Gasteiger partial charge on any atom is -0.465 e. The van der Waals surface area contributed by atoms with Crippen molar-refractivity contribution in [1.29, 1.82) is 0 Å². The Kier molecular flexibility index (Phi) is 7.30. The Morgan fingerprint density at radius 1 is 1.20 bits per heavy atom. The second-order valence-electron chi connectivity index (χ2n) is 5.77. The molecule has 2 aromatic carbocycles. The van der Waals surface area contributed by atoms with Crippen molar-refractivity contribution in [3.8, 4) is 5.75 Å². The van der Waals surface area contributed by atoms with Gasteiger partial charge in [0.25, 0.3) is 0 Å². The third kappa shape index (κ3) is 6.03. The molecule has 0 saturated heterocycles. The van der Waals surface area contributed by atoms with Gasteiger partial charge >= 0.3 is 12.8 Å². The molecule has 0 bridgehead atoms. The van der Waals surface area contributed by atoms with Crippen LogP contribution in [0.2, 0.25) is 0 Å². The zero-order valence-corrected chi connectivity index (χ0v) is 16.1. The van der Waals surface area contributed by atoms with Crippen molar-refractivity contribution >= 4 is 34.9 Å². The lowest BCUT2D eigenvalue weighted by Gasteiger charge is -2.19. The van der Waals surface area contributed by atoms with E-state index < -0.39 is 18.9 Å². The van der Waals surface area contributed by atoms with Gasteiger partial charge in [-0.05, 0) is 24.8 Å². The Bertz CT molecular complexity index is 762. The van der Waals surface area contributed by atoms with E-state index >= 15 is 0 Å². The van der Waals surface area contributed by atoms with E-state index in [2.05, 4.69) is 12.0 Å². The van der Waals surface area contributed by atoms with Crippen LogP contribution in [0.1, 0.15) is 33.1 Å². The van der Waals surface area contributed by atoms with Crippen molar-refractivity contribution in [3.05, 3.63) is 42.5 Å². The summed E-state index contributed by atoms with van der Waals surface area (Å²) in [6.45, 7) is 0.206. The lowest BCUT2D eigenvalue weighted by Crippen LogP contribution is -2.33. The largest absolute Gasteiger partial charge is 0.465 e. The quantitative estimate of drug-likeness (QED) is 0.362. The van der Waals surface area contributed by atoms with E-state index in [0.717, 1.165) is 30.0 Å². The highest BCUT2D eigenvalue weighted by molar-refractivity contribution is 7.84. The predicted octanol–water partition coefficient (Wildman–Crippen LogP) is 5.28. The second-order valence-corrected chi connectivity index (χ2v) is 8.51. The molecule has 0 aromatic heterocycles. The number of esters is 1. The predicted molar refractivity (Wildman–Crippen MR) is 101 cm³/mol. The van der Waals surface area contributed by atoms with Gasteiger partial charge in [0, 0.05) is 16.6 Å². The van der Waals surface area contributed by atoms with Crippen LogP contribution in [0.3, 0.4) is 0 Å². The molecule has 25 heavy (non-hydrogen) atoms. The smallest absolute Gasteiger partial charge is 0.409 e. The average molecular weight is 384 g/mol. The first kappa shape index (κ1) is 19.8. The number of ether oxygens (including phenoxy) is 1. The summed E-state index contributed by atoms with van der Waals surface area (Å²) < 4.78 is 23.2. The fourth-order valence-corrected chi connectivity index (χ4v) is 4.06. The Morgan fingerprint density at radius 3 is 2.68 bits per heavy atom. The number of hydrogen-bond donors (Lipinski definition) is 1. The van der Waals surface area contributed by atoms with Gasteiger partial charge in [0.05, 0.1) is 6.61 Å². The van der Waals surface area contributed by atoms with Crippen LogP contribution in [0.25, 0.3) is 10.8 Å². The maximum atomic E-state index is 12.5. The highest BCUT2D eigenvalue weighted by Crippen LogP contribution is 2.50. The van der Waals surface area contributed by atoms with Gasteiger partial charge in [0.15, 0.2) is 0 Å². The van der Waals surface area contributed by atoms with Crippen molar-refractivity contribution in [2.45, 2.75) is 39.2 Å². The number of halogens is 1. The monoisotopic (exact) mass is 383 g/mol. The van der Waals surface area contributed by atoms with Gasteiger partial charge in [-0.3, -0.25) is 4.79 Å². The maximum Gasteiger partial charge on any atom is 0.409 e. The van der Waals surface area contributed by atoms with Crippen LogP contribution in [-0.4, -0.2) is 18.6 Å². The number of carbonyl (C=O) groups excluding carboxylic acids is 1. The molecule has 5 nitrogen and oxygen atoms in total. The van der Waals surface area contributed by atoms with E-state index in [-0.39, 0.29) is 0 Å². The van der Waals surface area contributed by atoms with Crippen LogP contribution in [0.5, 0.6) is 5.75 Å². The minimum atomic E-state index is -3.75. The Labute approximate surface area is 152 Å². The Morgan fingerprint density at radius 2 is 1.92 bits per heavy atom. The first-order valence-electron chi connectivity index (χ1n) is 8.34. The van der Waals surface area contributed by atoms with Crippen LogP contribution in [0.4, 0.5) is 0 Å². The molecule has 0 heterocycles. The van der Waals surface area contributed by atoms with Crippen molar-refractivity contribution < 1.29 is 18.6 Å². The molecular weight excluding hydrogens is 361 g/mol. The highest BCUT2D eigenvalue weighted by Gasteiger charge is 2.28. The normalized spacial score (nSPS) is 14.7. The van der Waals surface area contributed by atoms with E-state index in [0.29, 0.717) is 12.4 Å². The second kappa shape index (κ2) is 9.23. The molecular formula is C18H23ClNO4P. The average Bonchev–Trinajstić information content (AvgIpc) is 2.58. The zero-order valence-electron chi connectivity index (χ0n) is 14.4. The number of nitrogens with one attached hydrogen (secondary N) is 1. The van der Waals surface area contributed by atoms with Crippen LogP contribution in [0.15, 0.2) is 42.5 Å². The SMILES string of the molecule is CCCCCOC(=O)C(C)NP(=O)(Cl)Oc1cccc2ccccc12. The molecule has 1 N–H and O–H groups in total. The van der Waals surface area contributed by atoms with Gasteiger partial charge in [-0.25, -0.2) is 9.65 Å². The minimum absolute atomic E-state index is 0.343. The summed E-state index contributed by atoms with van der Waals surface area (Å²) in [6, 6.07) is 12.1. The number of benzene rings is 2. The summed E-state index contributed by atoms with van der Waals surface area (Å²) in [5.41, 5.74) is 0. The Hall–Kier alpha value is -1.55. The fraction of sp³-hybridized carbons (Fsp3) is 0.389. The Balaban J connectivity index is 1.98. The van der Waals surface area contributed by atoms with E-state index in [9.17, 15) is 9.36 Å². The van der Waals surface area contributed by atoms with Gasteiger partial charge in [-0.1, -0.05) is 56.2 Å². The van der Waals surface area contributed by atoms with Crippen LogP contribution in [-0.2, 0) is 14.1 Å². The molecule has 0 aliphatic heterocycles. The number of rotatable bonds is 9. The standard InChI is InChI=1S/C18H23ClNO4P/c1-3-4-7-13-23-18(21)14(2)20-25(19,22)24-17-12-8-10-15-9-5-6-11-16(15)17/h5-6,8-12,14H,3-4,7,13H2,1-2H3,(H,20,22). The molecule has 0 amide bonds. The zero-order chi connectivity index (χ0) is 18.3. The molecule has 2 aromatic rings. The lowest BCUT2D eigenvalue weighted by molar-refractivity contribution is -0.145. The van der Waals surface area contributed by atoms with Gasteiger partial charge in [-0.15, -0.1) is 0 Å². The molecule has 2 atom stereocenters. The molecule has 7 heteroatoms. The first-order valence-corrected chi connectivity index (χ1v) is 10.9. The molecule has 0 saturated carbocycles. The van der Waals surface area contributed by atoms with Crippen LogP contribution in [0, 0.1) is 0 Å². The van der Waals surface area contributed by atoms with E-state index in [1.165, 1.54) is 0 Å². The molecule has 0 fully saturated rings. The third-order valence-electron chi connectivity index (χ3n) is 3.66. The van der Waals surface area contributed by atoms with Gasteiger partial charge < -0.3 is 9.26 Å². The molecule has 0 spiro atoms. The summed E-state index contributed by atoms with van der Waals surface area (Å²) in [5, 5.41) is 4.27. The number of carbonyl (C=O) groups is 1. The number of fused-ring (bicyclic) bond motifs is 1. The van der Waals surface area contributed by atoms with Crippen LogP contribution < -0.4 is 9.61 Å². The van der Waals surface area contributed by atoms with Gasteiger partial charge in [0.2, 0.25) is 0 Å². The summed E-state index contributed by atoms with van der Waals surface area (Å²) in [6.07, 6.45) is 2.84. The molecule has 0 aliphatic carbocycles. The van der Waals surface area contributed by atoms with E-state index in [1.54, 1.807) is 19.1 Å². The van der Waals surface area contributed by atoms with E-state index in [4.69, 9.17) is 20.5 Å². The van der Waals surface area contributed by atoms with Crippen molar-refractivity contribution in [2.24, 2.45) is 0 Å². The maximum absolute atomic E-state index is 12.5. The first-order chi connectivity index (χ1) is 11.9. The highest BCUT2D eigenvalue weighted by atomic mass is 35.7. The summed E-state index contributed by atoms with van der Waals surface area (Å²) in [5.74, 6) is -0.106. The van der Waals surface area contributed by atoms with Crippen molar-refractivity contribution in [3.63, 3.8) is 0 Å². The van der Waals surface area contributed by atoms with Gasteiger partial charge in [-0.2, -0.15) is 0 Å². The molecule has 0 aliphatic rings. The van der Waals surface area contributed by atoms with Crippen molar-refractivity contribution in [2.75, 3.05) is 6.61 Å². The summed E-state index contributed by atoms with van der Waals surface area (Å²) in [7, 11) is 0. The van der Waals surface area contributed by atoms with Crippen molar-refractivity contribution in [1.82, 2.24) is 5.09 Å². The summed E-state index contributed by atoms with van der Waals surface area (Å²) >= 11 is 6.01. The third-order valence-corrected chi connectivity index (χ3v) is 5.29. The fourth-order valence-electron chi connectivity index (χ4n) is 2.36. The molecule has 0 radical (unpaired) electrons.